The van der Waals surface area contributed by atoms with E-state index in [0.717, 1.165) is 5.69 Å². The molecule has 0 bridgehead atoms. The molecule has 0 spiro atoms. The molecule has 1 fully saturated rings. The van der Waals surface area contributed by atoms with Crippen molar-refractivity contribution in [3.05, 3.63) is 65.2 Å². The van der Waals surface area contributed by atoms with Crippen molar-refractivity contribution in [3.8, 4) is 0 Å². The van der Waals surface area contributed by atoms with Crippen LogP contribution < -0.4 is 4.90 Å². The van der Waals surface area contributed by atoms with Gasteiger partial charge in [0.1, 0.15) is 5.75 Å². The van der Waals surface area contributed by atoms with Crippen molar-refractivity contribution in [2.75, 3.05) is 36.8 Å². The molecule has 5 nitrogen and oxygen atoms in total. The van der Waals surface area contributed by atoms with Crippen molar-refractivity contribution >= 4 is 33.0 Å². The molecule has 0 aliphatic carbocycles. The number of hydrogen-bond donors (Lipinski definition) is 0. The molecule has 1 heterocycles. The number of piperazine rings is 1. The van der Waals surface area contributed by atoms with Crippen LogP contribution in [-0.2, 0) is 20.4 Å². The van der Waals surface area contributed by atoms with Crippen LogP contribution in [0.5, 0.6) is 0 Å². The number of carbonyl (C=O) groups is 1. The summed E-state index contributed by atoms with van der Waals surface area (Å²) in [5.74, 6) is -0.882. The zero-order valence-corrected chi connectivity index (χ0v) is 15.9. The quantitative estimate of drug-likeness (QED) is 0.784. The molecule has 7 heteroatoms. The molecule has 0 saturated carbocycles. The van der Waals surface area contributed by atoms with Gasteiger partial charge in [-0.05, 0) is 23.8 Å². The van der Waals surface area contributed by atoms with Crippen molar-refractivity contribution in [1.29, 1.82) is 0 Å². The molecule has 0 aromatic heterocycles. The lowest BCUT2D eigenvalue weighted by atomic mass is 10.2. The molecule has 0 N–H and O–H groups in total. The van der Waals surface area contributed by atoms with Crippen LogP contribution in [0.2, 0.25) is 5.02 Å². The Bertz CT molecular complexity index is 863. The van der Waals surface area contributed by atoms with Crippen molar-refractivity contribution in [2.45, 2.75) is 5.75 Å². The standard InChI is InChI=1S/C19H21ClN2O3S/c20-17-7-4-8-18(13-17)21-9-11-22(12-10-21)19(23)15-26(24,25)14-16-5-2-1-3-6-16/h1-8,13H,9-12,14-15H2. The normalized spacial score (nSPS) is 15.1. The Balaban J connectivity index is 1.55. The van der Waals surface area contributed by atoms with E-state index >= 15 is 0 Å². The zero-order valence-electron chi connectivity index (χ0n) is 14.3. The second-order valence-electron chi connectivity index (χ2n) is 6.37. The first-order chi connectivity index (χ1) is 12.4. The number of anilines is 1. The molecule has 1 saturated heterocycles. The summed E-state index contributed by atoms with van der Waals surface area (Å²) >= 11 is 6.02. The van der Waals surface area contributed by atoms with Crippen molar-refractivity contribution in [3.63, 3.8) is 0 Å². The highest BCUT2D eigenvalue weighted by Crippen LogP contribution is 2.21. The molecule has 0 unspecified atom stereocenters. The van der Waals surface area contributed by atoms with Crippen LogP contribution in [0.15, 0.2) is 54.6 Å². The molecule has 26 heavy (non-hydrogen) atoms. The summed E-state index contributed by atoms with van der Waals surface area (Å²) < 4.78 is 24.6. The van der Waals surface area contributed by atoms with Crippen LogP contribution in [0.3, 0.4) is 0 Å². The van der Waals surface area contributed by atoms with Gasteiger partial charge in [-0.3, -0.25) is 4.79 Å². The van der Waals surface area contributed by atoms with Gasteiger partial charge in [0.2, 0.25) is 5.91 Å². The minimum Gasteiger partial charge on any atom is -0.368 e. The smallest absolute Gasteiger partial charge is 0.237 e. The van der Waals surface area contributed by atoms with Crippen molar-refractivity contribution < 1.29 is 13.2 Å². The van der Waals surface area contributed by atoms with E-state index in [-0.39, 0.29) is 11.7 Å². The highest BCUT2D eigenvalue weighted by molar-refractivity contribution is 7.91. The van der Waals surface area contributed by atoms with Gasteiger partial charge in [0.05, 0.1) is 5.75 Å². The number of nitrogens with zero attached hydrogens (tertiary/aromatic N) is 2. The van der Waals surface area contributed by atoms with E-state index < -0.39 is 15.6 Å². The third-order valence-electron chi connectivity index (χ3n) is 4.38. The molecule has 1 amide bonds. The monoisotopic (exact) mass is 392 g/mol. The number of rotatable bonds is 5. The summed E-state index contributed by atoms with van der Waals surface area (Å²) in [7, 11) is -3.48. The van der Waals surface area contributed by atoms with E-state index in [9.17, 15) is 13.2 Å². The molecule has 0 radical (unpaired) electrons. The summed E-state index contributed by atoms with van der Waals surface area (Å²) in [5.41, 5.74) is 1.72. The first kappa shape index (κ1) is 18.7. The lowest BCUT2D eigenvalue weighted by molar-refractivity contribution is -0.128. The van der Waals surface area contributed by atoms with Gasteiger partial charge < -0.3 is 9.80 Å². The second kappa shape index (κ2) is 8.10. The lowest BCUT2D eigenvalue weighted by Crippen LogP contribution is -2.50. The summed E-state index contributed by atoms with van der Waals surface area (Å²) in [6.45, 7) is 2.33. The molecule has 1 aliphatic rings. The summed E-state index contributed by atoms with van der Waals surface area (Å²) in [4.78, 5) is 16.2. The van der Waals surface area contributed by atoms with E-state index in [0.29, 0.717) is 36.8 Å². The fourth-order valence-corrected chi connectivity index (χ4v) is 4.59. The summed E-state index contributed by atoms with van der Waals surface area (Å²) in [6.07, 6.45) is 0. The average molecular weight is 393 g/mol. The van der Waals surface area contributed by atoms with Crippen molar-refractivity contribution in [1.82, 2.24) is 4.90 Å². The maximum Gasteiger partial charge on any atom is 0.237 e. The zero-order chi connectivity index (χ0) is 18.6. The molecule has 0 atom stereocenters. The van der Waals surface area contributed by atoms with Crippen LogP contribution in [0, 0.1) is 0 Å². The Morgan fingerprint density at radius 2 is 1.65 bits per heavy atom. The second-order valence-corrected chi connectivity index (χ2v) is 8.87. The molecular formula is C19H21ClN2O3S. The first-order valence-electron chi connectivity index (χ1n) is 8.46. The van der Waals surface area contributed by atoms with E-state index in [1.165, 1.54) is 0 Å². The van der Waals surface area contributed by atoms with Gasteiger partial charge in [-0.15, -0.1) is 0 Å². The fourth-order valence-electron chi connectivity index (χ4n) is 3.05. The van der Waals surface area contributed by atoms with E-state index in [1.54, 1.807) is 29.2 Å². The number of carbonyl (C=O) groups excluding carboxylic acids is 1. The van der Waals surface area contributed by atoms with Crippen LogP contribution in [0.4, 0.5) is 5.69 Å². The number of halogens is 1. The Hall–Kier alpha value is -2.05. The van der Waals surface area contributed by atoms with Gasteiger partial charge >= 0.3 is 0 Å². The Morgan fingerprint density at radius 1 is 0.962 bits per heavy atom. The van der Waals surface area contributed by atoms with Gasteiger partial charge in [0.25, 0.3) is 0 Å². The van der Waals surface area contributed by atoms with E-state index in [1.807, 2.05) is 30.3 Å². The van der Waals surface area contributed by atoms with Crippen LogP contribution >= 0.6 is 11.6 Å². The Labute approximate surface area is 159 Å². The molecule has 138 valence electrons. The van der Waals surface area contributed by atoms with Crippen molar-refractivity contribution in [2.24, 2.45) is 0 Å². The maximum absolute atomic E-state index is 12.4. The average Bonchev–Trinajstić information content (AvgIpc) is 2.62. The van der Waals surface area contributed by atoms with Crippen LogP contribution in [-0.4, -0.2) is 51.2 Å². The minimum absolute atomic E-state index is 0.109. The number of amides is 1. The molecular weight excluding hydrogens is 372 g/mol. The largest absolute Gasteiger partial charge is 0.368 e. The van der Waals surface area contributed by atoms with Gasteiger partial charge in [-0.1, -0.05) is 48.0 Å². The van der Waals surface area contributed by atoms with E-state index in [2.05, 4.69) is 4.90 Å². The van der Waals surface area contributed by atoms with Gasteiger partial charge in [-0.2, -0.15) is 0 Å². The maximum atomic E-state index is 12.4. The van der Waals surface area contributed by atoms with Crippen LogP contribution in [0.1, 0.15) is 5.56 Å². The molecule has 1 aliphatic heterocycles. The number of benzene rings is 2. The Morgan fingerprint density at radius 3 is 2.31 bits per heavy atom. The minimum atomic E-state index is -3.48. The fraction of sp³-hybridized carbons (Fsp3) is 0.316. The third-order valence-corrected chi connectivity index (χ3v) is 6.07. The number of hydrogen-bond acceptors (Lipinski definition) is 4. The molecule has 2 aromatic rings. The highest BCUT2D eigenvalue weighted by Gasteiger charge is 2.25. The summed E-state index contributed by atoms with van der Waals surface area (Å²) in [5, 5.41) is 0.674. The van der Waals surface area contributed by atoms with Crippen LogP contribution in [0.25, 0.3) is 0 Å². The molecule has 2 aromatic carbocycles. The molecule has 3 rings (SSSR count). The SMILES string of the molecule is O=C(CS(=O)(=O)Cc1ccccc1)N1CCN(c2cccc(Cl)c2)CC1. The first-order valence-corrected chi connectivity index (χ1v) is 10.7. The third kappa shape index (κ3) is 4.99. The topological polar surface area (TPSA) is 57.7 Å². The van der Waals surface area contributed by atoms with Gasteiger partial charge in [0.15, 0.2) is 9.84 Å². The lowest BCUT2D eigenvalue weighted by Gasteiger charge is -2.36. The van der Waals surface area contributed by atoms with E-state index in [4.69, 9.17) is 11.6 Å². The predicted molar refractivity (Wildman–Crippen MR) is 104 cm³/mol. The van der Waals surface area contributed by atoms with Gasteiger partial charge in [0, 0.05) is 36.9 Å². The number of sulfone groups is 1. The van der Waals surface area contributed by atoms with Gasteiger partial charge in [-0.25, -0.2) is 8.42 Å². The predicted octanol–water partition coefficient (Wildman–Crippen LogP) is 2.60. The Kier molecular flexibility index (Phi) is 5.84. The highest BCUT2D eigenvalue weighted by atomic mass is 35.5. The summed E-state index contributed by atoms with van der Waals surface area (Å²) in [6, 6.07) is 16.5.